The van der Waals surface area contributed by atoms with E-state index in [0.29, 0.717) is 5.92 Å². The van der Waals surface area contributed by atoms with Crippen LogP contribution in [0.15, 0.2) is 41.4 Å². The Morgan fingerprint density at radius 2 is 1.95 bits per heavy atom. The summed E-state index contributed by atoms with van der Waals surface area (Å²) in [6.45, 7) is 4.55. The summed E-state index contributed by atoms with van der Waals surface area (Å²) in [6.07, 6.45) is 5.19. The molecule has 2 unspecified atom stereocenters. The van der Waals surface area contributed by atoms with Gasteiger partial charge in [0, 0.05) is 11.6 Å². The molecule has 1 aliphatic heterocycles. The van der Waals surface area contributed by atoms with E-state index in [0.717, 1.165) is 0 Å². The Kier molecular flexibility index (Phi) is 2.54. The smallest absolute Gasteiger partial charge is 0.0652 e. The third-order valence-electron chi connectivity index (χ3n) is 5.31. The Bertz CT molecular complexity index is 713. The molecule has 1 heterocycles. The van der Waals surface area contributed by atoms with E-state index in [2.05, 4.69) is 50.2 Å². The molecular weight excluding hydrogens is 242 g/mol. The van der Waals surface area contributed by atoms with Gasteiger partial charge in [0.05, 0.1) is 5.54 Å². The fourth-order valence-corrected chi connectivity index (χ4v) is 4.34. The van der Waals surface area contributed by atoms with Gasteiger partial charge in [0.25, 0.3) is 0 Å². The van der Waals surface area contributed by atoms with Gasteiger partial charge >= 0.3 is 0 Å². The average molecular weight is 263 g/mol. The average Bonchev–Trinajstić information content (AvgIpc) is 2.46. The zero-order valence-electron chi connectivity index (χ0n) is 12.3. The SMILES string of the molecule is CC1=NC2(C)CCCCC2c2c1ccc1ccccc21. The monoisotopic (exact) mass is 263 g/mol. The summed E-state index contributed by atoms with van der Waals surface area (Å²) in [6, 6.07) is 13.4. The molecule has 1 heteroatoms. The van der Waals surface area contributed by atoms with Gasteiger partial charge in [-0.25, -0.2) is 0 Å². The lowest BCUT2D eigenvalue weighted by Gasteiger charge is -2.43. The van der Waals surface area contributed by atoms with Crippen molar-refractivity contribution in [3.63, 3.8) is 0 Å². The second kappa shape index (κ2) is 4.18. The van der Waals surface area contributed by atoms with Crippen LogP contribution < -0.4 is 0 Å². The molecule has 1 fully saturated rings. The van der Waals surface area contributed by atoms with Crippen molar-refractivity contribution in [3.8, 4) is 0 Å². The van der Waals surface area contributed by atoms with Gasteiger partial charge in [0.15, 0.2) is 0 Å². The van der Waals surface area contributed by atoms with Crippen molar-refractivity contribution in [2.24, 2.45) is 4.99 Å². The molecule has 0 aromatic heterocycles. The van der Waals surface area contributed by atoms with E-state index in [-0.39, 0.29) is 5.54 Å². The van der Waals surface area contributed by atoms with Crippen LogP contribution in [0.3, 0.4) is 0 Å². The first kappa shape index (κ1) is 12.1. The van der Waals surface area contributed by atoms with Crippen LogP contribution >= 0.6 is 0 Å². The van der Waals surface area contributed by atoms with Crippen molar-refractivity contribution < 1.29 is 0 Å². The number of rotatable bonds is 0. The fourth-order valence-electron chi connectivity index (χ4n) is 4.34. The Labute approximate surface area is 120 Å². The lowest BCUT2D eigenvalue weighted by Crippen LogP contribution is -2.39. The molecule has 1 saturated carbocycles. The Balaban J connectivity index is 2.05. The zero-order valence-corrected chi connectivity index (χ0v) is 12.3. The maximum Gasteiger partial charge on any atom is 0.0652 e. The van der Waals surface area contributed by atoms with Gasteiger partial charge in [-0.3, -0.25) is 4.99 Å². The lowest BCUT2D eigenvalue weighted by atomic mass is 9.67. The van der Waals surface area contributed by atoms with Crippen LogP contribution in [-0.2, 0) is 0 Å². The van der Waals surface area contributed by atoms with Crippen LogP contribution in [0.4, 0.5) is 0 Å². The van der Waals surface area contributed by atoms with Crippen molar-refractivity contribution in [3.05, 3.63) is 47.5 Å². The normalized spacial score (nSPS) is 28.7. The molecule has 2 aliphatic rings. The summed E-state index contributed by atoms with van der Waals surface area (Å²) in [5.74, 6) is 0.598. The molecule has 0 bridgehead atoms. The summed E-state index contributed by atoms with van der Waals surface area (Å²) in [5.41, 5.74) is 4.30. The standard InChI is InChI=1S/C19H21N/c1-13-15-11-10-14-7-3-4-8-16(14)18(15)17-9-5-6-12-19(17,2)20-13/h3-4,7-8,10-11,17H,5-6,9,12H2,1-2H3. The Hall–Kier alpha value is -1.63. The van der Waals surface area contributed by atoms with Crippen LogP contribution in [0.2, 0.25) is 0 Å². The van der Waals surface area contributed by atoms with Gasteiger partial charge in [0.1, 0.15) is 0 Å². The number of hydrogen-bond acceptors (Lipinski definition) is 1. The summed E-state index contributed by atoms with van der Waals surface area (Å²) in [7, 11) is 0. The first-order valence-corrected chi connectivity index (χ1v) is 7.77. The second-order valence-electron chi connectivity index (χ2n) is 6.60. The first-order chi connectivity index (χ1) is 9.69. The topological polar surface area (TPSA) is 12.4 Å². The molecule has 1 nitrogen and oxygen atoms in total. The highest BCUT2D eigenvalue weighted by molar-refractivity contribution is 6.06. The third-order valence-corrected chi connectivity index (χ3v) is 5.31. The first-order valence-electron chi connectivity index (χ1n) is 7.77. The van der Waals surface area contributed by atoms with Crippen LogP contribution in [0, 0.1) is 0 Å². The molecule has 1 aliphatic carbocycles. The maximum atomic E-state index is 5.10. The third kappa shape index (κ3) is 1.59. The van der Waals surface area contributed by atoms with Crippen LogP contribution in [0.5, 0.6) is 0 Å². The molecule has 0 spiro atoms. The molecule has 0 radical (unpaired) electrons. The fraction of sp³-hybridized carbons (Fsp3) is 0.421. The number of benzene rings is 2. The van der Waals surface area contributed by atoms with Gasteiger partial charge < -0.3 is 0 Å². The molecule has 4 rings (SSSR count). The summed E-state index contributed by atoms with van der Waals surface area (Å²) in [4.78, 5) is 5.10. The number of hydrogen-bond donors (Lipinski definition) is 0. The molecule has 2 aromatic carbocycles. The minimum Gasteiger partial charge on any atom is -0.282 e. The van der Waals surface area contributed by atoms with E-state index in [1.807, 2.05) is 0 Å². The molecule has 0 N–H and O–H groups in total. The van der Waals surface area contributed by atoms with Gasteiger partial charge in [-0.05, 0) is 48.6 Å². The highest BCUT2D eigenvalue weighted by Gasteiger charge is 2.41. The summed E-state index contributed by atoms with van der Waals surface area (Å²) < 4.78 is 0. The molecule has 2 atom stereocenters. The van der Waals surface area contributed by atoms with Gasteiger partial charge in [0.2, 0.25) is 0 Å². The predicted molar refractivity (Wildman–Crippen MR) is 85.8 cm³/mol. The van der Waals surface area contributed by atoms with E-state index in [4.69, 9.17) is 4.99 Å². The summed E-state index contributed by atoms with van der Waals surface area (Å²) >= 11 is 0. The van der Waals surface area contributed by atoms with Crippen molar-refractivity contribution in [1.82, 2.24) is 0 Å². The number of fused-ring (bicyclic) bond motifs is 5. The largest absolute Gasteiger partial charge is 0.282 e. The lowest BCUT2D eigenvalue weighted by molar-refractivity contribution is 0.274. The van der Waals surface area contributed by atoms with Crippen molar-refractivity contribution >= 4 is 16.5 Å². The molecule has 0 amide bonds. The van der Waals surface area contributed by atoms with Crippen molar-refractivity contribution in [2.75, 3.05) is 0 Å². The quantitative estimate of drug-likeness (QED) is 0.628. The van der Waals surface area contributed by atoms with E-state index >= 15 is 0 Å². The Morgan fingerprint density at radius 1 is 1.10 bits per heavy atom. The molecule has 0 saturated heterocycles. The zero-order chi connectivity index (χ0) is 13.7. The second-order valence-corrected chi connectivity index (χ2v) is 6.60. The van der Waals surface area contributed by atoms with E-state index < -0.39 is 0 Å². The van der Waals surface area contributed by atoms with Crippen molar-refractivity contribution in [1.29, 1.82) is 0 Å². The van der Waals surface area contributed by atoms with Crippen LogP contribution in [0.1, 0.15) is 56.6 Å². The van der Waals surface area contributed by atoms with Crippen molar-refractivity contribution in [2.45, 2.75) is 51.0 Å². The summed E-state index contributed by atoms with van der Waals surface area (Å²) in [5, 5.41) is 2.81. The Morgan fingerprint density at radius 3 is 2.85 bits per heavy atom. The van der Waals surface area contributed by atoms with Gasteiger partial charge in [-0.2, -0.15) is 0 Å². The van der Waals surface area contributed by atoms with E-state index in [9.17, 15) is 0 Å². The van der Waals surface area contributed by atoms with E-state index in [1.165, 1.54) is 47.7 Å². The molecule has 102 valence electrons. The molecular formula is C19H21N. The van der Waals surface area contributed by atoms with Gasteiger partial charge in [-0.1, -0.05) is 49.2 Å². The minimum atomic E-state index is 0.124. The maximum absolute atomic E-state index is 5.10. The van der Waals surface area contributed by atoms with E-state index in [1.54, 1.807) is 5.56 Å². The van der Waals surface area contributed by atoms with Crippen LogP contribution in [0.25, 0.3) is 10.8 Å². The van der Waals surface area contributed by atoms with Crippen LogP contribution in [-0.4, -0.2) is 11.3 Å². The highest BCUT2D eigenvalue weighted by atomic mass is 14.9. The van der Waals surface area contributed by atoms with Gasteiger partial charge in [-0.15, -0.1) is 0 Å². The molecule has 2 aromatic rings. The number of nitrogens with zero attached hydrogens (tertiary/aromatic N) is 1. The minimum absolute atomic E-state index is 0.124. The highest BCUT2D eigenvalue weighted by Crippen LogP contribution is 2.49. The number of aliphatic imine (C=N–C) groups is 1. The predicted octanol–water partition coefficient (Wildman–Crippen LogP) is 5.08. The molecule has 20 heavy (non-hydrogen) atoms.